The maximum absolute atomic E-state index is 11.8. The summed E-state index contributed by atoms with van der Waals surface area (Å²) >= 11 is 0. The summed E-state index contributed by atoms with van der Waals surface area (Å²) in [4.78, 5) is 11.8. The maximum Gasteiger partial charge on any atom is 0.241 e. The molecule has 1 amide bonds. The highest BCUT2D eigenvalue weighted by Crippen LogP contribution is 2.15. The first-order chi connectivity index (χ1) is 7.27. The molecule has 16 heavy (non-hydrogen) atoms. The molecule has 0 saturated carbocycles. The van der Waals surface area contributed by atoms with Gasteiger partial charge < -0.3 is 10.6 Å². The molecule has 1 unspecified atom stereocenters. The Morgan fingerprint density at radius 3 is 2.81 bits per heavy atom. The second kappa shape index (κ2) is 5.87. The number of halogens is 1. The van der Waals surface area contributed by atoms with E-state index in [0.717, 1.165) is 30.6 Å². The summed E-state index contributed by atoms with van der Waals surface area (Å²) in [6, 6.07) is 7.83. The standard InChI is InChI=1S/C12H16N2O.ClH/c1-9-5-2-3-6-10(9)14-12(15)11-7-4-8-13-11;/h2-3,5-6,11,13H,4,7-8H2,1H3,(H,14,15);1H. The topological polar surface area (TPSA) is 41.1 Å². The molecule has 2 N–H and O–H groups in total. The summed E-state index contributed by atoms with van der Waals surface area (Å²) in [7, 11) is 0. The van der Waals surface area contributed by atoms with Crippen molar-refractivity contribution in [2.75, 3.05) is 11.9 Å². The third-order valence-corrected chi connectivity index (χ3v) is 2.78. The molecular weight excluding hydrogens is 224 g/mol. The molecule has 0 aliphatic carbocycles. The van der Waals surface area contributed by atoms with Crippen LogP contribution in [0.5, 0.6) is 0 Å². The fourth-order valence-electron chi connectivity index (χ4n) is 1.84. The summed E-state index contributed by atoms with van der Waals surface area (Å²) in [5.74, 6) is 0.0850. The van der Waals surface area contributed by atoms with Crippen LogP contribution in [0.2, 0.25) is 0 Å². The molecule has 4 heteroatoms. The molecule has 3 nitrogen and oxygen atoms in total. The molecule has 88 valence electrons. The van der Waals surface area contributed by atoms with Crippen LogP contribution in [0, 0.1) is 6.92 Å². The second-order valence-corrected chi connectivity index (χ2v) is 3.95. The van der Waals surface area contributed by atoms with Gasteiger partial charge >= 0.3 is 0 Å². The lowest BCUT2D eigenvalue weighted by molar-refractivity contribution is -0.117. The molecule has 1 atom stereocenters. The van der Waals surface area contributed by atoms with E-state index in [4.69, 9.17) is 0 Å². The minimum Gasteiger partial charge on any atom is -0.324 e. The van der Waals surface area contributed by atoms with Gasteiger partial charge in [0.25, 0.3) is 0 Å². The average molecular weight is 241 g/mol. The number of hydrogen-bond donors (Lipinski definition) is 2. The lowest BCUT2D eigenvalue weighted by atomic mass is 10.1. The minimum absolute atomic E-state index is 0. The van der Waals surface area contributed by atoms with Crippen LogP contribution in [0.1, 0.15) is 18.4 Å². The zero-order chi connectivity index (χ0) is 10.7. The van der Waals surface area contributed by atoms with E-state index in [2.05, 4.69) is 10.6 Å². The van der Waals surface area contributed by atoms with Gasteiger partial charge in [0.05, 0.1) is 6.04 Å². The normalized spacial score (nSPS) is 18.9. The van der Waals surface area contributed by atoms with Gasteiger partial charge in [0, 0.05) is 5.69 Å². The Bertz CT molecular complexity index is 362. The number of nitrogens with one attached hydrogen (secondary N) is 2. The lowest BCUT2D eigenvalue weighted by Crippen LogP contribution is -2.35. The molecule has 1 aliphatic rings. The Morgan fingerprint density at radius 1 is 1.44 bits per heavy atom. The van der Waals surface area contributed by atoms with Crippen LogP contribution in [0.3, 0.4) is 0 Å². The highest BCUT2D eigenvalue weighted by atomic mass is 35.5. The average Bonchev–Trinajstić information content (AvgIpc) is 2.74. The molecule has 1 fully saturated rings. The van der Waals surface area contributed by atoms with Crippen LogP contribution in [-0.4, -0.2) is 18.5 Å². The molecule has 1 saturated heterocycles. The van der Waals surface area contributed by atoms with E-state index in [-0.39, 0.29) is 24.4 Å². The number of para-hydroxylation sites is 1. The Kier molecular flexibility index (Phi) is 4.77. The summed E-state index contributed by atoms with van der Waals surface area (Å²) < 4.78 is 0. The quantitative estimate of drug-likeness (QED) is 0.832. The van der Waals surface area contributed by atoms with E-state index in [1.165, 1.54) is 0 Å². The molecular formula is C12H17ClN2O. The van der Waals surface area contributed by atoms with Gasteiger partial charge in [0.15, 0.2) is 0 Å². The Labute approximate surface area is 102 Å². The number of carbonyl (C=O) groups is 1. The number of benzene rings is 1. The van der Waals surface area contributed by atoms with Crippen LogP contribution in [-0.2, 0) is 4.79 Å². The SMILES string of the molecule is Cc1ccccc1NC(=O)C1CCCN1.Cl. The third-order valence-electron chi connectivity index (χ3n) is 2.78. The van der Waals surface area contributed by atoms with E-state index in [0.29, 0.717) is 0 Å². The molecule has 0 aromatic heterocycles. The van der Waals surface area contributed by atoms with Gasteiger partial charge in [0.2, 0.25) is 5.91 Å². The summed E-state index contributed by atoms with van der Waals surface area (Å²) in [6.45, 7) is 2.95. The molecule has 2 rings (SSSR count). The molecule has 1 heterocycles. The van der Waals surface area contributed by atoms with Crippen molar-refractivity contribution < 1.29 is 4.79 Å². The summed E-state index contributed by atoms with van der Waals surface area (Å²) in [5.41, 5.74) is 2.01. The first kappa shape index (κ1) is 13.0. The molecule has 0 spiro atoms. The maximum atomic E-state index is 11.8. The van der Waals surface area contributed by atoms with Crippen LogP contribution in [0.25, 0.3) is 0 Å². The number of hydrogen-bond acceptors (Lipinski definition) is 2. The smallest absolute Gasteiger partial charge is 0.241 e. The van der Waals surface area contributed by atoms with Crippen molar-refractivity contribution in [2.24, 2.45) is 0 Å². The van der Waals surface area contributed by atoms with E-state index in [1.807, 2.05) is 31.2 Å². The van der Waals surface area contributed by atoms with Gasteiger partial charge in [-0.2, -0.15) is 0 Å². The molecule has 1 aromatic rings. The van der Waals surface area contributed by atoms with E-state index in [1.54, 1.807) is 0 Å². The van der Waals surface area contributed by atoms with Gasteiger partial charge in [-0.25, -0.2) is 0 Å². The predicted molar refractivity (Wildman–Crippen MR) is 68.1 cm³/mol. The van der Waals surface area contributed by atoms with Crippen molar-refractivity contribution in [2.45, 2.75) is 25.8 Å². The zero-order valence-electron chi connectivity index (χ0n) is 9.32. The van der Waals surface area contributed by atoms with Crippen molar-refractivity contribution >= 4 is 24.0 Å². The number of aryl methyl sites for hydroxylation is 1. The zero-order valence-corrected chi connectivity index (χ0v) is 10.1. The number of anilines is 1. The summed E-state index contributed by atoms with van der Waals surface area (Å²) in [6.07, 6.45) is 2.03. The van der Waals surface area contributed by atoms with Crippen LogP contribution in [0.4, 0.5) is 5.69 Å². The van der Waals surface area contributed by atoms with Crippen molar-refractivity contribution in [3.05, 3.63) is 29.8 Å². The van der Waals surface area contributed by atoms with Gasteiger partial charge in [-0.15, -0.1) is 12.4 Å². The first-order valence-electron chi connectivity index (χ1n) is 5.37. The molecule has 1 aliphatic heterocycles. The Balaban J connectivity index is 0.00000128. The van der Waals surface area contributed by atoms with Crippen molar-refractivity contribution in [1.82, 2.24) is 5.32 Å². The fourth-order valence-corrected chi connectivity index (χ4v) is 1.84. The van der Waals surface area contributed by atoms with Crippen molar-refractivity contribution in [3.63, 3.8) is 0 Å². The van der Waals surface area contributed by atoms with E-state index in [9.17, 15) is 4.79 Å². The Morgan fingerprint density at radius 2 is 2.19 bits per heavy atom. The second-order valence-electron chi connectivity index (χ2n) is 3.95. The van der Waals surface area contributed by atoms with Crippen molar-refractivity contribution in [1.29, 1.82) is 0 Å². The monoisotopic (exact) mass is 240 g/mol. The fraction of sp³-hybridized carbons (Fsp3) is 0.417. The third kappa shape index (κ3) is 2.97. The van der Waals surface area contributed by atoms with Crippen LogP contribution >= 0.6 is 12.4 Å². The van der Waals surface area contributed by atoms with E-state index >= 15 is 0 Å². The van der Waals surface area contributed by atoms with Gasteiger partial charge in [-0.05, 0) is 37.9 Å². The highest BCUT2D eigenvalue weighted by molar-refractivity contribution is 5.95. The summed E-state index contributed by atoms with van der Waals surface area (Å²) in [5, 5.41) is 6.13. The van der Waals surface area contributed by atoms with Crippen LogP contribution in [0.15, 0.2) is 24.3 Å². The molecule has 0 bridgehead atoms. The number of carbonyl (C=O) groups excluding carboxylic acids is 1. The first-order valence-corrected chi connectivity index (χ1v) is 5.37. The van der Waals surface area contributed by atoms with Gasteiger partial charge in [-0.1, -0.05) is 18.2 Å². The van der Waals surface area contributed by atoms with E-state index < -0.39 is 0 Å². The largest absolute Gasteiger partial charge is 0.324 e. The van der Waals surface area contributed by atoms with Crippen molar-refractivity contribution in [3.8, 4) is 0 Å². The Hall–Kier alpha value is -1.06. The van der Waals surface area contributed by atoms with Crippen LogP contribution < -0.4 is 10.6 Å². The molecule has 0 radical (unpaired) electrons. The molecule has 1 aromatic carbocycles. The van der Waals surface area contributed by atoms with Gasteiger partial charge in [0.1, 0.15) is 0 Å². The van der Waals surface area contributed by atoms with Gasteiger partial charge in [-0.3, -0.25) is 4.79 Å². The lowest BCUT2D eigenvalue weighted by Gasteiger charge is -2.12. The number of amides is 1. The highest BCUT2D eigenvalue weighted by Gasteiger charge is 2.21. The predicted octanol–water partition coefficient (Wildman–Crippen LogP) is 2.11. The number of rotatable bonds is 2. The minimum atomic E-state index is -0.00962.